The molecule has 1 heterocycles. The van der Waals surface area contributed by atoms with Gasteiger partial charge in [-0.25, -0.2) is 4.98 Å². The smallest absolute Gasteiger partial charge is 0.231 e. The maximum atomic E-state index is 8.78. The fourth-order valence-electron chi connectivity index (χ4n) is 1.02. The first-order chi connectivity index (χ1) is 6.72. The van der Waals surface area contributed by atoms with Crippen LogP contribution < -0.4 is 4.74 Å². The van der Waals surface area contributed by atoms with E-state index in [1.165, 1.54) is 6.07 Å². The first kappa shape index (κ1) is 10.0. The molecule has 14 heavy (non-hydrogen) atoms. The molecule has 70 valence electrons. The summed E-state index contributed by atoms with van der Waals surface area (Å²) in [4.78, 5) is 4.04. The van der Waals surface area contributed by atoms with Crippen LogP contribution in [0.25, 0.3) is 0 Å². The van der Waals surface area contributed by atoms with Gasteiger partial charge in [0, 0.05) is 0 Å². The van der Waals surface area contributed by atoms with E-state index in [1.807, 2.05) is 19.1 Å². The normalized spacial score (nSPS) is 8.86. The van der Waals surface area contributed by atoms with Crippen molar-refractivity contribution in [1.82, 2.24) is 4.98 Å². The summed E-state index contributed by atoms with van der Waals surface area (Å²) in [6.07, 6.45) is 0. The second-order valence-electron chi connectivity index (χ2n) is 2.63. The minimum absolute atomic E-state index is 0.298. The second kappa shape index (κ2) is 4.25. The Morgan fingerprint density at radius 1 is 1.36 bits per heavy atom. The lowest BCUT2D eigenvalue weighted by Gasteiger charge is -2.05. The number of nitriles is 2. The number of nitrogens with zero attached hydrogens (tertiary/aromatic N) is 3. The SMILES string of the molecule is CCOc1nc(C)c(C#N)cc1C#N. The Labute approximate surface area is 82.4 Å². The van der Waals surface area contributed by atoms with Crippen LogP contribution in [0.2, 0.25) is 0 Å². The Bertz CT molecular complexity index is 426. The molecule has 0 amide bonds. The Hall–Kier alpha value is -2.07. The van der Waals surface area contributed by atoms with Gasteiger partial charge in [-0.3, -0.25) is 0 Å². The van der Waals surface area contributed by atoms with Crippen molar-refractivity contribution in [2.24, 2.45) is 0 Å². The quantitative estimate of drug-likeness (QED) is 0.704. The van der Waals surface area contributed by atoms with Gasteiger partial charge in [-0.15, -0.1) is 0 Å². The zero-order valence-corrected chi connectivity index (χ0v) is 8.03. The highest BCUT2D eigenvalue weighted by Crippen LogP contribution is 2.18. The molecule has 1 rings (SSSR count). The summed E-state index contributed by atoms with van der Waals surface area (Å²) < 4.78 is 5.17. The zero-order valence-electron chi connectivity index (χ0n) is 8.03. The van der Waals surface area contributed by atoms with Crippen molar-refractivity contribution < 1.29 is 4.74 Å². The Morgan fingerprint density at radius 3 is 2.50 bits per heavy atom. The van der Waals surface area contributed by atoms with E-state index in [9.17, 15) is 0 Å². The number of hydrogen-bond acceptors (Lipinski definition) is 4. The van der Waals surface area contributed by atoms with Gasteiger partial charge in [0.25, 0.3) is 0 Å². The van der Waals surface area contributed by atoms with Gasteiger partial charge in [-0.2, -0.15) is 10.5 Å². The number of rotatable bonds is 2. The predicted octanol–water partition coefficient (Wildman–Crippen LogP) is 1.53. The summed E-state index contributed by atoms with van der Waals surface area (Å²) in [7, 11) is 0. The highest BCUT2D eigenvalue weighted by molar-refractivity contribution is 5.46. The number of aromatic nitrogens is 1. The van der Waals surface area contributed by atoms with Crippen LogP contribution in [0.3, 0.4) is 0 Å². The average Bonchev–Trinajstić information content (AvgIpc) is 2.19. The van der Waals surface area contributed by atoms with Crippen molar-refractivity contribution >= 4 is 0 Å². The van der Waals surface area contributed by atoms with Crippen LogP contribution in [-0.4, -0.2) is 11.6 Å². The first-order valence-electron chi connectivity index (χ1n) is 4.17. The monoisotopic (exact) mass is 187 g/mol. The first-order valence-corrected chi connectivity index (χ1v) is 4.17. The third-order valence-electron chi connectivity index (χ3n) is 1.70. The fourth-order valence-corrected chi connectivity index (χ4v) is 1.02. The standard InChI is InChI=1S/C10H9N3O/c1-3-14-10-9(6-12)4-8(5-11)7(2)13-10/h4H,3H2,1-2H3. The van der Waals surface area contributed by atoms with E-state index >= 15 is 0 Å². The molecule has 0 saturated carbocycles. The van der Waals surface area contributed by atoms with Gasteiger partial charge >= 0.3 is 0 Å². The van der Waals surface area contributed by atoms with E-state index in [2.05, 4.69) is 4.98 Å². The minimum Gasteiger partial charge on any atom is -0.477 e. The number of aryl methyl sites for hydroxylation is 1. The van der Waals surface area contributed by atoms with Crippen LogP contribution in [0.1, 0.15) is 23.7 Å². The predicted molar refractivity (Wildman–Crippen MR) is 49.6 cm³/mol. The van der Waals surface area contributed by atoms with Gasteiger partial charge in [0.2, 0.25) is 5.88 Å². The van der Waals surface area contributed by atoms with Gasteiger partial charge in [0.1, 0.15) is 17.7 Å². The fraction of sp³-hybridized carbons (Fsp3) is 0.300. The largest absolute Gasteiger partial charge is 0.477 e. The van der Waals surface area contributed by atoms with Gasteiger partial charge in [0.05, 0.1) is 17.9 Å². The molecule has 0 unspecified atom stereocenters. The van der Waals surface area contributed by atoms with Gasteiger partial charge in [-0.1, -0.05) is 0 Å². The molecule has 0 aromatic carbocycles. The van der Waals surface area contributed by atoms with E-state index in [1.54, 1.807) is 6.92 Å². The molecule has 0 aliphatic carbocycles. The Morgan fingerprint density at radius 2 is 2.00 bits per heavy atom. The van der Waals surface area contributed by atoms with Crippen LogP contribution in [0.5, 0.6) is 5.88 Å². The maximum Gasteiger partial charge on any atom is 0.231 e. The second-order valence-corrected chi connectivity index (χ2v) is 2.63. The number of ether oxygens (including phenoxy) is 1. The summed E-state index contributed by atoms with van der Waals surface area (Å²) >= 11 is 0. The maximum absolute atomic E-state index is 8.78. The molecule has 0 aliphatic heterocycles. The third-order valence-corrected chi connectivity index (χ3v) is 1.70. The molecule has 4 nitrogen and oxygen atoms in total. The molecule has 1 aromatic heterocycles. The van der Waals surface area contributed by atoms with Crippen molar-refractivity contribution in [2.75, 3.05) is 6.61 Å². The highest BCUT2D eigenvalue weighted by atomic mass is 16.5. The Kier molecular flexibility index (Phi) is 3.04. The highest BCUT2D eigenvalue weighted by Gasteiger charge is 2.09. The van der Waals surface area contributed by atoms with Gasteiger partial charge < -0.3 is 4.74 Å². The Balaban J connectivity index is 3.28. The van der Waals surface area contributed by atoms with Crippen molar-refractivity contribution in [3.05, 3.63) is 22.9 Å². The molecule has 1 aromatic rings. The van der Waals surface area contributed by atoms with E-state index in [0.717, 1.165) is 0 Å². The molecule has 0 radical (unpaired) electrons. The van der Waals surface area contributed by atoms with Crippen LogP contribution >= 0.6 is 0 Å². The summed E-state index contributed by atoms with van der Waals surface area (Å²) in [6.45, 7) is 3.98. The molecule has 0 N–H and O–H groups in total. The van der Waals surface area contributed by atoms with Crippen LogP contribution in [0.15, 0.2) is 6.07 Å². The molecular formula is C10H9N3O. The summed E-state index contributed by atoms with van der Waals surface area (Å²) in [6, 6.07) is 5.41. The van der Waals surface area contributed by atoms with Crippen LogP contribution in [0, 0.1) is 29.6 Å². The van der Waals surface area contributed by atoms with Gasteiger partial charge in [0.15, 0.2) is 0 Å². The van der Waals surface area contributed by atoms with E-state index < -0.39 is 0 Å². The molecule has 0 spiro atoms. The lowest BCUT2D eigenvalue weighted by Crippen LogP contribution is -2.00. The molecule has 0 fully saturated rings. The average molecular weight is 187 g/mol. The van der Waals surface area contributed by atoms with E-state index in [0.29, 0.717) is 29.3 Å². The van der Waals surface area contributed by atoms with Gasteiger partial charge in [-0.05, 0) is 19.9 Å². The van der Waals surface area contributed by atoms with Crippen LogP contribution in [-0.2, 0) is 0 Å². The van der Waals surface area contributed by atoms with E-state index in [4.69, 9.17) is 15.3 Å². The molecule has 0 aliphatic rings. The molecular weight excluding hydrogens is 178 g/mol. The summed E-state index contributed by atoms with van der Waals surface area (Å²) in [5.41, 5.74) is 1.29. The summed E-state index contributed by atoms with van der Waals surface area (Å²) in [5.74, 6) is 0.298. The summed E-state index contributed by atoms with van der Waals surface area (Å²) in [5, 5.41) is 17.5. The minimum atomic E-state index is 0.298. The molecule has 0 bridgehead atoms. The zero-order chi connectivity index (χ0) is 10.6. The van der Waals surface area contributed by atoms with Crippen molar-refractivity contribution in [3.63, 3.8) is 0 Å². The molecule has 0 atom stereocenters. The third kappa shape index (κ3) is 1.81. The number of hydrogen-bond donors (Lipinski definition) is 0. The topological polar surface area (TPSA) is 69.7 Å². The molecule has 0 saturated heterocycles. The van der Waals surface area contributed by atoms with Crippen molar-refractivity contribution in [3.8, 4) is 18.0 Å². The van der Waals surface area contributed by atoms with Crippen LogP contribution in [0.4, 0.5) is 0 Å². The number of pyridine rings is 1. The van der Waals surface area contributed by atoms with Crippen molar-refractivity contribution in [2.45, 2.75) is 13.8 Å². The van der Waals surface area contributed by atoms with Crippen molar-refractivity contribution in [1.29, 1.82) is 10.5 Å². The lowest BCUT2D eigenvalue weighted by molar-refractivity contribution is 0.325. The molecule has 4 heteroatoms. The lowest BCUT2D eigenvalue weighted by atomic mass is 10.1. The van der Waals surface area contributed by atoms with E-state index in [-0.39, 0.29) is 0 Å².